The van der Waals surface area contributed by atoms with Gasteiger partial charge in [-0.25, -0.2) is 4.98 Å². The third-order valence-electron chi connectivity index (χ3n) is 7.80. The summed E-state index contributed by atoms with van der Waals surface area (Å²) in [6.07, 6.45) is 6.23. The molecule has 0 aliphatic rings. The van der Waals surface area contributed by atoms with Crippen LogP contribution in [0.1, 0.15) is 64.1 Å². The van der Waals surface area contributed by atoms with Gasteiger partial charge in [-0.1, -0.05) is 47.6 Å². The average molecular weight is 474 g/mol. The van der Waals surface area contributed by atoms with Crippen molar-refractivity contribution in [3.8, 4) is 0 Å². The normalized spacial score (nSPS) is 13.6. The molecule has 36 heavy (non-hydrogen) atoms. The molecule has 6 aromatic heterocycles. The van der Waals surface area contributed by atoms with E-state index in [0.717, 1.165) is 39.1 Å². The second kappa shape index (κ2) is 6.52. The highest BCUT2D eigenvalue weighted by Crippen LogP contribution is 2.48. The number of imidazole rings is 1. The molecule has 0 atom stereocenters. The number of nitrogens with zero attached hydrogens (tertiary/aromatic N) is 5. The minimum Gasteiger partial charge on any atom is -0.305 e. The molecule has 0 spiro atoms. The first-order chi connectivity index (χ1) is 17.0. The minimum absolute atomic E-state index is 0.0472. The number of rotatable bonds is 0. The van der Waals surface area contributed by atoms with Crippen molar-refractivity contribution in [2.24, 2.45) is 0 Å². The molecule has 7 aromatic rings. The topological polar surface area (TPSA) is 47.5 Å². The maximum atomic E-state index is 5.19. The van der Waals surface area contributed by atoms with Crippen LogP contribution in [-0.2, 0) is 10.8 Å². The molecule has 0 unspecified atom stereocenters. The molecule has 0 saturated heterocycles. The van der Waals surface area contributed by atoms with Crippen LogP contribution in [-0.4, -0.2) is 23.8 Å². The van der Waals surface area contributed by atoms with E-state index in [4.69, 9.17) is 15.0 Å². The maximum Gasteiger partial charge on any atom is 0.137 e. The van der Waals surface area contributed by atoms with Gasteiger partial charge in [-0.05, 0) is 54.0 Å². The Kier molecular flexibility index (Phi) is 3.90. The van der Waals surface area contributed by atoms with E-state index in [9.17, 15) is 0 Å². The molecular weight excluding hydrogens is 442 g/mol. The van der Waals surface area contributed by atoms with Crippen LogP contribution in [0.2, 0.25) is 0 Å². The van der Waals surface area contributed by atoms with Gasteiger partial charge in [0, 0.05) is 39.1 Å². The molecule has 0 amide bonds. The monoisotopic (exact) mass is 473 g/mol. The third-order valence-corrected chi connectivity index (χ3v) is 7.80. The van der Waals surface area contributed by atoms with Crippen molar-refractivity contribution in [1.29, 1.82) is 0 Å². The largest absolute Gasteiger partial charge is 0.305 e. The zero-order chi connectivity index (χ0) is 25.3. The van der Waals surface area contributed by atoms with Crippen molar-refractivity contribution >= 4 is 54.8 Å². The molecule has 6 heterocycles. The van der Waals surface area contributed by atoms with E-state index in [0.29, 0.717) is 0 Å². The Morgan fingerprint density at radius 1 is 0.722 bits per heavy atom. The third kappa shape index (κ3) is 2.53. The smallest absolute Gasteiger partial charge is 0.137 e. The summed E-state index contributed by atoms with van der Waals surface area (Å²) in [5, 5.41) is 5.05. The van der Waals surface area contributed by atoms with E-state index in [-0.39, 0.29) is 10.8 Å². The van der Waals surface area contributed by atoms with Crippen LogP contribution in [0.3, 0.4) is 0 Å². The van der Waals surface area contributed by atoms with Gasteiger partial charge in [0.05, 0.1) is 40.0 Å². The van der Waals surface area contributed by atoms with Crippen LogP contribution in [0, 0.1) is 13.8 Å². The molecule has 0 aliphatic carbocycles. The Hall–Kier alpha value is -3.73. The number of pyridine rings is 3. The molecular formula is C31H31N5. The van der Waals surface area contributed by atoms with Crippen LogP contribution in [0.15, 0.2) is 42.9 Å². The molecule has 7 rings (SSSR count). The lowest BCUT2D eigenvalue weighted by Crippen LogP contribution is -2.15. The van der Waals surface area contributed by atoms with Crippen molar-refractivity contribution in [2.75, 3.05) is 0 Å². The van der Waals surface area contributed by atoms with Crippen molar-refractivity contribution in [3.05, 3.63) is 65.4 Å². The lowest BCUT2D eigenvalue weighted by atomic mass is 9.82. The van der Waals surface area contributed by atoms with E-state index in [2.05, 4.69) is 107 Å². The summed E-state index contributed by atoms with van der Waals surface area (Å²) >= 11 is 0. The van der Waals surface area contributed by atoms with Gasteiger partial charge in [0.1, 0.15) is 5.65 Å². The maximum absolute atomic E-state index is 5.19. The summed E-state index contributed by atoms with van der Waals surface area (Å²) in [6.45, 7) is 18.0. The SMILES string of the molecule is Cc1ncc2c(c1C(C)(C)C)c1cc3c(nc4ccccn43)c3c4c(C(C)(C)C)c(C)ncc4n2c13. The first-order valence-corrected chi connectivity index (χ1v) is 12.7. The summed E-state index contributed by atoms with van der Waals surface area (Å²) in [5.74, 6) is 0. The van der Waals surface area contributed by atoms with Crippen molar-refractivity contribution in [3.63, 3.8) is 0 Å². The molecule has 5 heteroatoms. The number of benzene rings is 1. The Morgan fingerprint density at radius 2 is 1.33 bits per heavy atom. The second-order valence-corrected chi connectivity index (χ2v) is 12.3. The molecule has 0 N–H and O–H groups in total. The zero-order valence-electron chi connectivity index (χ0n) is 22.3. The summed E-state index contributed by atoms with van der Waals surface area (Å²) in [4.78, 5) is 15.0. The highest BCUT2D eigenvalue weighted by Gasteiger charge is 2.31. The first kappa shape index (κ1) is 21.5. The molecule has 0 aliphatic heterocycles. The van der Waals surface area contributed by atoms with E-state index in [1.807, 2.05) is 0 Å². The summed E-state index contributed by atoms with van der Waals surface area (Å²) in [7, 11) is 0. The lowest BCUT2D eigenvalue weighted by Gasteiger charge is -2.23. The zero-order valence-corrected chi connectivity index (χ0v) is 22.3. The fourth-order valence-electron chi connectivity index (χ4n) is 6.71. The number of aryl methyl sites for hydroxylation is 2. The van der Waals surface area contributed by atoms with Crippen LogP contribution in [0.25, 0.3) is 54.8 Å². The number of aromatic nitrogens is 5. The van der Waals surface area contributed by atoms with Crippen molar-refractivity contribution in [1.82, 2.24) is 23.8 Å². The number of hydrogen-bond acceptors (Lipinski definition) is 3. The first-order valence-electron chi connectivity index (χ1n) is 12.7. The van der Waals surface area contributed by atoms with Crippen LogP contribution in [0.5, 0.6) is 0 Å². The van der Waals surface area contributed by atoms with Gasteiger partial charge in [-0.3, -0.25) is 14.4 Å². The van der Waals surface area contributed by atoms with Gasteiger partial charge >= 0.3 is 0 Å². The quantitative estimate of drug-likeness (QED) is 0.227. The van der Waals surface area contributed by atoms with Crippen LogP contribution < -0.4 is 0 Å². The van der Waals surface area contributed by atoms with Gasteiger partial charge < -0.3 is 4.40 Å². The van der Waals surface area contributed by atoms with Gasteiger partial charge in [0.15, 0.2) is 0 Å². The molecule has 0 bridgehead atoms. The molecule has 5 nitrogen and oxygen atoms in total. The van der Waals surface area contributed by atoms with Crippen LogP contribution >= 0.6 is 0 Å². The fourth-order valence-corrected chi connectivity index (χ4v) is 6.71. The second-order valence-electron chi connectivity index (χ2n) is 12.3. The van der Waals surface area contributed by atoms with Crippen molar-refractivity contribution < 1.29 is 0 Å². The highest BCUT2D eigenvalue weighted by atomic mass is 15.0. The lowest BCUT2D eigenvalue weighted by molar-refractivity contribution is 0.588. The average Bonchev–Trinajstić information content (AvgIpc) is 3.42. The minimum atomic E-state index is -0.0681. The van der Waals surface area contributed by atoms with Crippen LogP contribution in [0.4, 0.5) is 0 Å². The molecule has 1 aromatic carbocycles. The molecule has 180 valence electrons. The number of hydrogen-bond donors (Lipinski definition) is 0. The van der Waals surface area contributed by atoms with E-state index >= 15 is 0 Å². The predicted octanol–water partition coefficient (Wildman–Crippen LogP) is 7.64. The molecule has 0 fully saturated rings. The Bertz CT molecular complexity index is 2020. The molecule has 0 saturated carbocycles. The predicted molar refractivity (Wildman–Crippen MR) is 150 cm³/mol. The Balaban J connectivity index is 1.91. The molecule has 0 radical (unpaired) electrons. The standard InChI is InChI=1S/C31H31N5/c1-16-26(30(3,4)5)23-18-13-19-28(34-22-11-9-10-12-35(19)22)25-24-21(36(29(18)25)20(23)14-32-16)15-33-17(2)27(24)31(6,7)8/h9-15H,1-8H3. The van der Waals surface area contributed by atoms with E-state index in [1.54, 1.807) is 0 Å². The Labute approximate surface area is 210 Å². The van der Waals surface area contributed by atoms with E-state index in [1.165, 1.54) is 38.2 Å². The van der Waals surface area contributed by atoms with Crippen molar-refractivity contribution in [2.45, 2.75) is 66.2 Å². The van der Waals surface area contributed by atoms with Gasteiger partial charge in [-0.15, -0.1) is 0 Å². The Morgan fingerprint density at radius 3 is 1.97 bits per heavy atom. The van der Waals surface area contributed by atoms with Gasteiger partial charge in [0.2, 0.25) is 0 Å². The summed E-state index contributed by atoms with van der Waals surface area (Å²) in [5.41, 5.74) is 11.3. The summed E-state index contributed by atoms with van der Waals surface area (Å²) in [6, 6.07) is 8.59. The number of fused-ring (bicyclic) bond motifs is 10. The van der Waals surface area contributed by atoms with Gasteiger partial charge in [0.25, 0.3) is 0 Å². The summed E-state index contributed by atoms with van der Waals surface area (Å²) < 4.78 is 4.63. The van der Waals surface area contributed by atoms with E-state index < -0.39 is 0 Å². The highest BCUT2D eigenvalue weighted by molar-refractivity contribution is 6.31. The fraction of sp³-hybridized carbons (Fsp3) is 0.323. The van der Waals surface area contributed by atoms with Gasteiger partial charge in [-0.2, -0.15) is 0 Å².